The second-order valence-corrected chi connectivity index (χ2v) is 7.91. The number of anilines is 1. The van der Waals surface area contributed by atoms with Gasteiger partial charge in [-0.25, -0.2) is 4.79 Å². The largest absolute Gasteiger partial charge is 0.442 e. The van der Waals surface area contributed by atoms with Crippen LogP contribution in [0.15, 0.2) is 53.4 Å². The van der Waals surface area contributed by atoms with E-state index in [1.54, 1.807) is 0 Å². The Hall–Kier alpha value is -2.60. The second-order valence-electron chi connectivity index (χ2n) is 6.93. The van der Waals surface area contributed by atoms with Crippen molar-refractivity contribution in [3.05, 3.63) is 48.5 Å². The smallest absolute Gasteiger partial charge is 0.440 e. The van der Waals surface area contributed by atoms with Crippen molar-refractivity contribution in [3.63, 3.8) is 0 Å². The highest BCUT2D eigenvalue weighted by Crippen LogP contribution is 2.44. The fraction of sp³-hybridized carbons (Fsp3) is 0.211. The normalized spacial score (nSPS) is 13.6. The van der Waals surface area contributed by atoms with Crippen LogP contribution in [0.3, 0.4) is 0 Å². The summed E-state index contributed by atoms with van der Waals surface area (Å²) in [4.78, 5) is 16.8. The van der Waals surface area contributed by atoms with Gasteiger partial charge in [-0.2, -0.15) is 4.41 Å². The molecule has 5 nitrogen and oxygen atoms in total. The summed E-state index contributed by atoms with van der Waals surface area (Å²) in [5, 5.41) is 1.16. The van der Waals surface area contributed by atoms with Gasteiger partial charge in [0, 0.05) is 34.1 Å². The van der Waals surface area contributed by atoms with Gasteiger partial charge in [-0.15, -0.1) is 0 Å². The molecule has 1 aromatic heterocycles. The van der Waals surface area contributed by atoms with Crippen LogP contribution in [0.1, 0.15) is 20.8 Å². The maximum atomic E-state index is 12.3. The summed E-state index contributed by atoms with van der Waals surface area (Å²) in [6.45, 7) is 5.57. The van der Waals surface area contributed by atoms with Crippen LogP contribution in [0.2, 0.25) is 0 Å². The van der Waals surface area contributed by atoms with Gasteiger partial charge in [0.15, 0.2) is 0 Å². The molecular formula is C19H19N3O2S. The van der Waals surface area contributed by atoms with Gasteiger partial charge in [0.2, 0.25) is 0 Å². The van der Waals surface area contributed by atoms with Crippen molar-refractivity contribution < 1.29 is 9.53 Å². The molecule has 0 aliphatic carbocycles. The third-order valence-corrected chi connectivity index (χ3v) is 4.77. The third kappa shape index (κ3) is 3.05. The first-order chi connectivity index (χ1) is 11.9. The summed E-state index contributed by atoms with van der Waals surface area (Å²) in [6, 6.07) is 16.3. The van der Waals surface area contributed by atoms with Gasteiger partial charge in [-0.1, -0.05) is 30.3 Å². The number of nitrogens with one attached hydrogen (secondary N) is 2. The monoisotopic (exact) mass is 353 g/mol. The van der Waals surface area contributed by atoms with Gasteiger partial charge in [0.05, 0.1) is 10.6 Å². The molecule has 0 saturated carbocycles. The number of amides is 1. The second kappa shape index (κ2) is 5.74. The molecule has 4 rings (SSSR count). The zero-order chi connectivity index (χ0) is 17.6. The molecule has 0 radical (unpaired) electrons. The van der Waals surface area contributed by atoms with Crippen molar-refractivity contribution in [2.24, 2.45) is 0 Å². The summed E-state index contributed by atoms with van der Waals surface area (Å²) >= 11 is 1.33. The van der Waals surface area contributed by atoms with Crippen LogP contribution in [0.5, 0.6) is 0 Å². The van der Waals surface area contributed by atoms with E-state index in [4.69, 9.17) is 4.74 Å². The quantitative estimate of drug-likeness (QED) is 0.574. The van der Waals surface area contributed by atoms with Gasteiger partial charge in [-0.05, 0) is 39.0 Å². The van der Waals surface area contributed by atoms with Gasteiger partial charge in [0.1, 0.15) is 5.60 Å². The first kappa shape index (κ1) is 15.9. The average Bonchev–Trinajstić information content (AvgIpc) is 3.16. The van der Waals surface area contributed by atoms with E-state index in [0.717, 1.165) is 32.7 Å². The topological polar surface area (TPSA) is 57.4 Å². The molecule has 1 amide bonds. The number of aromatic amines is 1. The van der Waals surface area contributed by atoms with E-state index in [-0.39, 0.29) is 0 Å². The van der Waals surface area contributed by atoms with E-state index in [1.165, 1.54) is 16.4 Å². The zero-order valence-electron chi connectivity index (χ0n) is 14.3. The molecule has 25 heavy (non-hydrogen) atoms. The number of nitrogens with zero attached hydrogens (tertiary/aromatic N) is 1. The predicted octanol–water partition coefficient (Wildman–Crippen LogP) is 5.42. The number of carbonyl (C=O) groups excluding carboxylic acids is 1. The molecule has 1 aliphatic heterocycles. The van der Waals surface area contributed by atoms with Gasteiger partial charge >= 0.3 is 6.09 Å². The van der Waals surface area contributed by atoms with Crippen LogP contribution in [-0.4, -0.2) is 21.1 Å². The highest BCUT2D eigenvalue weighted by Gasteiger charge is 2.30. The van der Waals surface area contributed by atoms with Gasteiger partial charge < -0.3 is 9.72 Å². The molecule has 2 N–H and O–H groups in total. The van der Waals surface area contributed by atoms with Crippen molar-refractivity contribution >= 4 is 34.6 Å². The number of hydrazine groups is 1. The minimum atomic E-state index is -0.534. The Morgan fingerprint density at radius 1 is 1.12 bits per heavy atom. The lowest BCUT2D eigenvalue weighted by Gasteiger charge is -2.23. The van der Waals surface area contributed by atoms with Crippen molar-refractivity contribution in [3.8, 4) is 11.3 Å². The number of carbonyl (C=O) groups is 1. The van der Waals surface area contributed by atoms with Crippen LogP contribution < -0.4 is 5.43 Å². The van der Waals surface area contributed by atoms with Crippen LogP contribution in [0.4, 0.5) is 10.5 Å². The first-order valence-electron chi connectivity index (χ1n) is 8.10. The number of hydrogen-bond acceptors (Lipinski definition) is 4. The van der Waals surface area contributed by atoms with E-state index in [9.17, 15) is 4.79 Å². The summed E-state index contributed by atoms with van der Waals surface area (Å²) in [6.07, 6.45) is -0.406. The summed E-state index contributed by atoms with van der Waals surface area (Å²) in [5.74, 6) is 0. The molecule has 0 fully saturated rings. The van der Waals surface area contributed by atoms with Crippen LogP contribution >= 0.6 is 11.9 Å². The third-order valence-electron chi connectivity index (χ3n) is 3.81. The van der Waals surface area contributed by atoms with E-state index < -0.39 is 11.7 Å². The number of para-hydroxylation sites is 2. The van der Waals surface area contributed by atoms with E-state index in [1.807, 2.05) is 51.1 Å². The minimum Gasteiger partial charge on any atom is -0.442 e. The van der Waals surface area contributed by atoms with Crippen molar-refractivity contribution in [2.75, 3.05) is 5.43 Å². The molecule has 0 unspecified atom stereocenters. The zero-order valence-corrected chi connectivity index (χ0v) is 15.1. The lowest BCUT2D eigenvalue weighted by atomic mass is 10.1. The number of H-pyrrole nitrogens is 1. The molecule has 0 spiro atoms. The fourth-order valence-electron chi connectivity index (χ4n) is 2.77. The number of fused-ring (bicyclic) bond motifs is 2. The van der Waals surface area contributed by atoms with Gasteiger partial charge in [0.25, 0.3) is 0 Å². The first-order valence-corrected chi connectivity index (χ1v) is 8.87. The molecule has 0 saturated heterocycles. The van der Waals surface area contributed by atoms with E-state index in [0.29, 0.717) is 0 Å². The molecule has 6 heteroatoms. The average molecular weight is 353 g/mol. The Morgan fingerprint density at radius 2 is 1.92 bits per heavy atom. The molecular weight excluding hydrogens is 334 g/mol. The Kier molecular flexibility index (Phi) is 3.65. The lowest BCUT2D eigenvalue weighted by Crippen LogP contribution is -2.34. The SMILES string of the molecule is CC(C)(C)OC(=O)N1Nc2c(cccc2-c2cc3ccccc3[nH]2)S1. The highest BCUT2D eigenvalue weighted by atomic mass is 32.2. The molecule has 2 heterocycles. The summed E-state index contributed by atoms with van der Waals surface area (Å²) < 4.78 is 6.87. The molecule has 3 aromatic rings. The molecule has 0 atom stereocenters. The minimum absolute atomic E-state index is 0.406. The molecule has 0 bridgehead atoms. The summed E-state index contributed by atoms with van der Waals surface area (Å²) in [7, 11) is 0. The Balaban J connectivity index is 1.67. The molecule has 2 aromatic carbocycles. The Labute approximate surface area is 150 Å². The number of rotatable bonds is 1. The maximum absolute atomic E-state index is 12.3. The Morgan fingerprint density at radius 3 is 2.68 bits per heavy atom. The standard InChI is InChI=1S/C19H19N3O2S/c1-19(2,3)24-18(23)22-21-17-13(8-6-10-16(17)25-22)15-11-12-7-4-5-9-14(12)20-15/h4-11,20-21H,1-3H3. The van der Waals surface area contributed by atoms with Gasteiger partial charge in [-0.3, -0.25) is 5.43 Å². The van der Waals surface area contributed by atoms with Crippen molar-refractivity contribution in [1.82, 2.24) is 9.40 Å². The number of aromatic nitrogens is 1. The van der Waals surface area contributed by atoms with Crippen LogP contribution in [0, 0.1) is 0 Å². The fourth-order valence-corrected chi connectivity index (χ4v) is 3.61. The van der Waals surface area contributed by atoms with Crippen LogP contribution in [0.25, 0.3) is 22.2 Å². The number of hydrogen-bond donors (Lipinski definition) is 2. The lowest BCUT2D eigenvalue weighted by molar-refractivity contribution is 0.0434. The predicted molar refractivity (Wildman–Crippen MR) is 101 cm³/mol. The summed E-state index contributed by atoms with van der Waals surface area (Å²) in [5.41, 5.74) is 6.66. The van der Waals surface area contributed by atoms with Crippen LogP contribution in [-0.2, 0) is 4.74 Å². The van der Waals surface area contributed by atoms with E-state index >= 15 is 0 Å². The Bertz CT molecular complexity index is 926. The van der Waals surface area contributed by atoms with Crippen molar-refractivity contribution in [1.29, 1.82) is 0 Å². The number of benzene rings is 2. The van der Waals surface area contributed by atoms with E-state index in [2.05, 4.69) is 28.6 Å². The highest BCUT2D eigenvalue weighted by molar-refractivity contribution is 7.98. The maximum Gasteiger partial charge on any atom is 0.440 e. The number of ether oxygens (including phenoxy) is 1. The molecule has 128 valence electrons. The van der Waals surface area contributed by atoms with Crippen molar-refractivity contribution in [2.45, 2.75) is 31.3 Å². The molecule has 1 aliphatic rings.